The average molecular weight is 228 g/mol. The van der Waals surface area contributed by atoms with E-state index < -0.39 is 0 Å². The molecule has 1 aliphatic heterocycles. The second-order valence-electron chi connectivity index (χ2n) is 4.63. The van der Waals surface area contributed by atoms with Crippen LogP contribution in [0.5, 0.6) is 0 Å². The van der Waals surface area contributed by atoms with E-state index in [0.717, 1.165) is 32.4 Å². The first-order valence-electron chi connectivity index (χ1n) is 6.01. The zero-order valence-corrected chi connectivity index (χ0v) is 10.6. The molecular weight excluding hydrogens is 204 g/mol. The summed E-state index contributed by atoms with van der Waals surface area (Å²) in [5, 5.41) is 0. The van der Waals surface area contributed by atoms with Crippen LogP contribution in [0.1, 0.15) is 26.2 Å². The van der Waals surface area contributed by atoms with Crippen molar-refractivity contribution in [2.75, 3.05) is 27.2 Å². The van der Waals surface area contributed by atoms with E-state index in [1.165, 1.54) is 0 Å². The van der Waals surface area contributed by atoms with Crippen molar-refractivity contribution in [2.24, 2.45) is 5.84 Å². The summed E-state index contributed by atoms with van der Waals surface area (Å²) in [7, 11) is 4.17. The molecule has 1 saturated heterocycles. The molecule has 0 spiro atoms. The zero-order chi connectivity index (χ0) is 12.1. The number of carbonyl (C=O) groups is 1. The molecule has 94 valence electrons. The molecule has 1 unspecified atom stereocenters. The Morgan fingerprint density at radius 3 is 2.56 bits per heavy atom. The van der Waals surface area contributed by atoms with Gasteiger partial charge in [0.05, 0.1) is 6.04 Å². The van der Waals surface area contributed by atoms with Crippen LogP contribution in [0.3, 0.4) is 0 Å². The molecule has 1 fully saturated rings. The van der Waals surface area contributed by atoms with E-state index in [0.29, 0.717) is 6.04 Å². The van der Waals surface area contributed by atoms with Gasteiger partial charge < -0.3 is 4.90 Å². The van der Waals surface area contributed by atoms with Crippen molar-refractivity contribution < 1.29 is 4.79 Å². The third kappa shape index (κ3) is 3.17. The van der Waals surface area contributed by atoms with Gasteiger partial charge in [0.25, 0.3) is 5.91 Å². The lowest BCUT2D eigenvalue weighted by atomic mass is 10.0. The quantitative estimate of drug-likeness (QED) is 0.397. The minimum atomic E-state index is -0.0987. The topological polar surface area (TPSA) is 61.6 Å². The molecule has 0 bridgehead atoms. The number of rotatable bonds is 4. The fourth-order valence-corrected chi connectivity index (χ4v) is 2.41. The highest BCUT2D eigenvalue weighted by atomic mass is 16.2. The van der Waals surface area contributed by atoms with Gasteiger partial charge in [-0.1, -0.05) is 6.92 Å². The number of likely N-dealkylation sites (tertiary alicyclic amines) is 1. The minimum absolute atomic E-state index is 0.0797. The first-order valence-corrected chi connectivity index (χ1v) is 6.01. The summed E-state index contributed by atoms with van der Waals surface area (Å²) in [5.74, 6) is 5.12. The number of likely N-dealkylation sites (N-methyl/N-ethyl adjacent to an activating group) is 1. The van der Waals surface area contributed by atoms with Crippen LogP contribution in [0, 0.1) is 0 Å². The van der Waals surface area contributed by atoms with Gasteiger partial charge in [0.2, 0.25) is 0 Å². The summed E-state index contributed by atoms with van der Waals surface area (Å²) < 4.78 is 0. The van der Waals surface area contributed by atoms with E-state index in [4.69, 9.17) is 5.84 Å². The molecule has 0 aromatic heterocycles. The maximum atomic E-state index is 11.6. The third-order valence-corrected chi connectivity index (χ3v) is 3.59. The van der Waals surface area contributed by atoms with Crippen molar-refractivity contribution >= 4 is 5.91 Å². The smallest absolute Gasteiger partial charge is 0.251 e. The third-order valence-electron chi connectivity index (χ3n) is 3.59. The zero-order valence-electron chi connectivity index (χ0n) is 10.6. The van der Waals surface area contributed by atoms with Crippen LogP contribution in [0.2, 0.25) is 0 Å². The highest BCUT2D eigenvalue weighted by Crippen LogP contribution is 2.17. The predicted octanol–water partition coefficient (Wildman–Crippen LogP) is -0.219. The van der Waals surface area contributed by atoms with E-state index >= 15 is 0 Å². The highest BCUT2D eigenvalue weighted by Gasteiger charge is 2.28. The number of amides is 1. The SMILES string of the molecule is CCC(C(=O)NN)N(C)C1CCN(C)CC1. The van der Waals surface area contributed by atoms with Gasteiger partial charge in [0.1, 0.15) is 0 Å². The second kappa shape index (κ2) is 6.18. The number of nitrogens with zero attached hydrogens (tertiary/aromatic N) is 2. The summed E-state index contributed by atoms with van der Waals surface area (Å²) in [6, 6.07) is 0.400. The molecular formula is C11H24N4O. The lowest BCUT2D eigenvalue weighted by Crippen LogP contribution is -2.53. The van der Waals surface area contributed by atoms with Gasteiger partial charge in [-0.3, -0.25) is 15.1 Å². The lowest BCUT2D eigenvalue weighted by Gasteiger charge is -2.38. The normalized spacial score (nSPS) is 21.1. The molecule has 0 radical (unpaired) electrons. The molecule has 0 aromatic rings. The first kappa shape index (κ1) is 13.4. The Hall–Kier alpha value is -0.650. The molecule has 1 amide bonds. The molecule has 5 nitrogen and oxygen atoms in total. The average Bonchev–Trinajstić information content (AvgIpc) is 2.30. The number of carbonyl (C=O) groups excluding carboxylic acids is 1. The number of nitrogens with two attached hydrogens (primary N) is 1. The van der Waals surface area contributed by atoms with E-state index in [1.807, 2.05) is 14.0 Å². The van der Waals surface area contributed by atoms with Crippen LogP contribution in [-0.4, -0.2) is 55.0 Å². The minimum Gasteiger partial charge on any atom is -0.306 e. The monoisotopic (exact) mass is 228 g/mol. The summed E-state index contributed by atoms with van der Waals surface area (Å²) in [4.78, 5) is 16.1. The molecule has 1 atom stereocenters. The number of hydrazine groups is 1. The Balaban J connectivity index is 2.54. The van der Waals surface area contributed by atoms with Crippen molar-refractivity contribution in [3.05, 3.63) is 0 Å². The largest absolute Gasteiger partial charge is 0.306 e. The van der Waals surface area contributed by atoms with Crippen LogP contribution in [0.25, 0.3) is 0 Å². The molecule has 1 heterocycles. The second-order valence-corrected chi connectivity index (χ2v) is 4.63. The Morgan fingerprint density at radius 2 is 2.12 bits per heavy atom. The Morgan fingerprint density at radius 1 is 1.56 bits per heavy atom. The van der Waals surface area contributed by atoms with Gasteiger partial charge in [-0.05, 0) is 46.4 Å². The van der Waals surface area contributed by atoms with Crippen LogP contribution >= 0.6 is 0 Å². The Bertz CT molecular complexity index is 226. The van der Waals surface area contributed by atoms with E-state index in [-0.39, 0.29) is 11.9 Å². The van der Waals surface area contributed by atoms with Gasteiger partial charge in [-0.2, -0.15) is 0 Å². The fraction of sp³-hybridized carbons (Fsp3) is 0.909. The summed E-state index contributed by atoms with van der Waals surface area (Å²) in [5.41, 5.74) is 2.25. The molecule has 0 saturated carbocycles. The van der Waals surface area contributed by atoms with Gasteiger partial charge in [0, 0.05) is 6.04 Å². The molecule has 3 N–H and O–H groups in total. The molecule has 0 aromatic carbocycles. The number of hydrogen-bond acceptors (Lipinski definition) is 4. The summed E-state index contributed by atoms with van der Waals surface area (Å²) >= 11 is 0. The molecule has 5 heteroatoms. The van der Waals surface area contributed by atoms with Crippen molar-refractivity contribution in [3.8, 4) is 0 Å². The van der Waals surface area contributed by atoms with Crippen LogP contribution in [0.4, 0.5) is 0 Å². The first-order chi connectivity index (χ1) is 7.60. The summed E-state index contributed by atoms with van der Waals surface area (Å²) in [6.45, 7) is 4.23. The maximum absolute atomic E-state index is 11.6. The van der Waals surface area contributed by atoms with E-state index in [2.05, 4.69) is 22.3 Å². The molecule has 16 heavy (non-hydrogen) atoms. The van der Waals surface area contributed by atoms with Crippen molar-refractivity contribution in [1.82, 2.24) is 15.2 Å². The van der Waals surface area contributed by atoms with Crippen LogP contribution in [0.15, 0.2) is 0 Å². The number of hydrogen-bond donors (Lipinski definition) is 2. The van der Waals surface area contributed by atoms with Crippen LogP contribution in [-0.2, 0) is 4.79 Å². The van der Waals surface area contributed by atoms with Crippen molar-refractivity contribution in [2.45, 2.75) is 38.3 Å². The van der Waals surface area contributed by atoms with Crippen molar-refractivity contribution in [1.29, 1.82) is 0 Å². The lowest BCUT2D eigenvalue weighted by molar-refractivity contribution is -0.127. The van der Waals surface area contributed by atoms with E-state index in [9.17, 15) is 4.79 Å². The molecule has 0 aliphatic carbocycles. The predicted molar refractivity (Wildman–Crippen MR) is 64.7 cm³/mol. The maximum Gasteiger partial charge on any atom is 0.251 e. The summed E-state index contributed by atoms with van der Waals surface area (Å²) in [6.07, 6.45) is 3.05. The van der Waals surface area contributed by atoms with Crippen LogP contribution < -0.4 is 11.3 Å². The van der Waals surface area contributed by atoms with Gasteiger partial charge in [0.15, 0.2) is 0 Å². The molecule has 1 aliphatic rings. The van der Waals surface area contributed by atoms with E-state index in [1.54, 1.807) is 0 Å². The number of nitrogens with one attached hydrogen (secondary N) is 1. The Labute approximate surface area is 97.9 Å². The molecule has 1 rings (SSSR count). The van der Waals surface area contributed by atoms with Gasteiger partial charge in [-0.15, -0.1) is 0 Å². The van der Waals surface area contributed by atoms with Gasteiger partial charge >= 0.3 is 0 Å². The van der Waals surface area contributed by atoms with Gasteiger partial charge in [-0.25, -0.2) is 5.84 Å². The Kier molecular flexibility index (Phi) is 5.18. The highest BCUT2D eigenvalue weighted by molar-refractivity contribution is 5.81. The standard InChI is InChI=1S/C11H24N4O/c1-4-10(11(16)13-12)15(3)9-5-7-14(2)8-6-9/h9-10H,4-8,12H2,1-3H3,(H,13,16). The number of piperidine rings is 1. The van der Waals surface area contributed by atoms with Crippen molar-refractivity contribution in [3.63, 3.8) is 0 Å². The fourth-order valence-electron chi connectivity index (χ4n) is 2.41.